The number of carboxylic acids is 1. The molecule has 0 bridgehead atoms. The number of rotatable bonds is 1. The van der Waals surface area contributed by atoms with E-state index in [1.807, 2.05) is 20.8 Å². The lowest BCUT2D eigenvalue weighted by atomic mass is 9.71. The summed E-state index contributed by atoms with van der Waals surface area (Å²) in [6.45, 7) is 7.81. The molecule has 0 aromatic heterocycles. The number of carbonyl (C=O) groups is 2. The molecule has 2 aliphatic heterocycles. The van der Waals surface area contributed by atoms with Gasteiger partial charge in [-0.25, -0.2) is 4.79 Å². The minimum absolute atomic E-state index is 0.254. The van der Waals surface area contributed by atoms with Gasteiger partial charge in [-0.1, -0.05) is 0 Å². The second kappa shape index (κ2) is 5.24. The minimum Gasteiger partial charge on any atom is -0.481 e. The Balaban J connectivity index is 2.12. The quantitative estimate of drug-likeness (QED) is 0.759. The molecule has 1 atom stereocenters. The molecule has 1 amide bonds. The van der Waals surface area contributed by atoms with Crippen LogP contribution in [0.5, 0.6) is 0 Å². The number of likely N-dealkylation sites (tertiary alicyclic amines) is 1. The standard InChI is InChI=1S/C14H24N2O4/c1-13(2,3)20-12(19)16-8-10(11(17)18)14(9-16)4-6-15-7-5-14/h10,15H,4-9H2,1-3H3,(H,17,18). The molecular weight excluding hydrogens is 260 g/mol. The van der Waals surface area contributed by atoms with Gasteiger partial charge in [-0.3, -0.25) is 4.79 Å². The average Bonchev–Trinajstić information content (AvgIpc) is 2.67. The van der Waals surface area contributed by atoms with Crippen molar-refractivity contribution >= 4 is 12.1 Å². The van der Waals surface area contributed by atoms with E-state index in [0.29, 0.717) is 6.54 Å². The molecule has 2 rings (SSSR count). The average molecular weight is 284 g/mol. The van der Waals surface area contributed by atoms with Crippen LogP contribution in [0.3, 0.4) is 0 Å². The molecule has 0 radical (unpaired) electrons. The molecule has 2 fully saturated rings. The van der Waals surface area contributed by atoms with Crippen LogP contribution in [-0.4, -0.2) is 53.8 Å². The van der Waals surface area contributed by atoms with Crippen LogP contribution in [0.25, 0.3) is 0 Å². The van der Waals surface area contributed by atoms with Gasteiger partial charge in [0.25, 0.3) is 0 Å². The summed E-state index contributed by atoms with van der Waals surface area (Å²) in [6.07, 6.45) is 1.19. The number of hydrogen-bond acceptors (Lipinski definition) is 4. The van der Waals surface area contributed by atoms with E-state index in [9.17, 15) is 14.7 Å². The van der Waals surface area contributed by atoms with E-state index in [0.717, 1.165) is 25.9 Å². The molecule has 0 aliphatic carbocycles. The van der Waals surface area contributed by atoms with Crippen molar-refractivity contribution in [2.24, 2.45) is 11.3 Å². The molecule has 2 aliphatic rings. The van der Waals surface area contributed by atoms with Gasteiger partial charge in [0.1, 0.15) is 5.60 Å². The van der Waals surface area contributed by atoms with E-state index in [1.54, 1.807) is 4.90 Å². The summed E-state index contributed by atoms with van der Waals surface area (Å²) in [6, 6.07) is 0. The Kier molecular flexibility index (Phi) is 3.95. The fraction of sp³-hybridized carbons (Fsp3) is 0.857. The summed E-state index contributed by atoms with van der Waals surface area (Å²) < 4.78 is 5.36. The highest BCUT2D eigenvalue weighted by molar-refractivity contribution is 5.75. The topological polar surface area (TPSA) is 78.9 Å². The Bertz CT molecular complexity index is 396. The summed E-state index contributed by atoms with van der Waals surface area (Å²) in [5, 5.41) is 12.7. The van der Waals surface area contributed by atoms with Crippen LogP contribution in [0.15, 0.2) is 0 Å². The van der Waals surface area contributed by atoms with Crippen molar-refractivity contribution in [3.05, 3.63) is 0 Å². The molecule has 6 nitrogen and oxygen atoms in total. The Morgan fingerprint density at radius 2 is 1.90 bits per heavy atom. The van der Waals surface area contributed by atoms with E-state index >= 15 is 0 Å². The van der Waals surface area contributed by atoms with Gasteiger partial charge >= 0.3 is 12.1 Å². The highest BCUT2D eigenvalue weighted by atomic mass is 16.6. The number of carbonyl (C=O) groups excluding carboxylic acids is 1. The predicted molar refractivity (Wildman–Crippen MR) is 73.5 cm³/mol. The molecule has 0 saturated carbocycles. The van der Waals surface area contributed by atoms with E-state index in [2.05, 4.69) is 5.32 Å². The van der Waals surface area contributed by atoms with Crippen molar-refractivity contribution in [1.29, 1.82) is 0 Å². The van der Waals surface area contributed by atoms with Gasteiger partial charge in [0.05, 0.1) is 5.92 Å². The highest BCUT2D eigenvalue weighted by Crippen LogP contribution is 2.43. The molecular formula is C14H24N2O4. The number of ether oxygens (including phenoxy) is 1. The monoisotopic (exact) mass is 284 g/mol. The first-order valence-corrected chi connectivity index (χ1v) is 7.15. The lowest BCUT2D eigenvalue weighted by Gasteiger charge is -2.36. The number of carboxylic acid groups (broad SMARTS) is 1. The number of piperidine rings is 1. The third kappa shape index (κ3) is 3.06. The highest BCUT2D eigenvalue weighted by Gasteiger charge is 2.52. The normalized spacial score (nSPS) is 25.8. The zero-order chi connectivity index (χ0) is 15.0. The first kappa shape index (κ1) is 15.1. The first-order chi connectivity index (χ1) is 9.23. The molecule has 0 aromatic rings. The lowest BCUT2D eigenvalue weighted by molar-refractivity contribution is -0.145. The van der Waals surface area contributed by atoms with E-state index in [4.69, 9.17) is 4.74 Å². The Morgan fingerprint density at radius 1 is 1.30 bits per heavy atom. The van der Waals surface area contributed by atoms with Crippen molar-refractivity contribution < 1.29 is 19.4 Å². The molecule has 2 saturated heterocycles. The molecule has 0 aromatic carbocycles. The summed E-state index contributed by atoms with van der Waals surface area (Å²) >= 11 is 0. The van der Waals surface area contributed by atoms with E-state index in [-0.39, 0.29) is 12.0 Å². The van der Waals surface area contributed by atoms with Crippen LogP contribution in [-0.2, 0) is 9.53 Å². The maximum Gasteiger partial charge on any atom is 0.410 e. The van der Waals surface area contributed by atoms with Crippen LogP contribution >= 0.6 is 0 Å². The maximum absolute atomic E-state index is 12.2. The minimum atomic E-state index is -0.807. The van der Waals surface area contributed by atoms with Crippen LogP contribution < -0.4 is 5.32 Å². The van der Waals surface area contributed by atoms with Gasteiger partial charge in [0, 0.05) is 18.5 Å². The van der Waals surface area contributed by atoms with Crippen molar-refractivity contribution in [3.8, 4) is 0 Å². The second-order valence-corrected chi connectivity index (χ2v) is 6.86. The molecule has 6 heteroatoms. The number of amides is 1. The van der Waals surface area contributed by atoms with Crippen molar-refractivity contribution in [3.63, 3.8) is 0 Å². The maximum atomic E-state index is 12.2. The van der Waals surface area contributed by atoms with Crippen LogP contribution in [0.4, 0.5) is 4.79 Å². The number of hydrogen-bond donors (Lipinski definition) is 2. The summed E-state index contributed by atoms with van der Waals surface area (Å²) in [4.78, 5) is 25.2. The zero-order valence-corrected chi connectivity index (χ0v) is 12.4. The van der Waals surface area contributed by atoms with Gasteiger partial charge < -0.3 is 20.1 Å². The van der Waals surface area contributed by atoms with Gasteiger partial charge in [-0.2, -0.15) is 0 Å². The predicted octanol–water partition coefficient (Wildman–Crippen LogP) is 1.31. The van der Waals surface area contributed by atoms with Gasteiger partial charge in [0.15, 0.2) is 0 Å². The van der Waals surface area contributed by atoms with Gasteiger partial charge in [-0.15, -0.1) is 0 Å². The largest absolute Gasteiger partial charge is 0.481 e. The van der Waals surface area contributed by atoms with E-state index in [1.165, 1.54) is 0 Å². The van der Waals surface area contributed by atoms with Crippen LogP contribution in [0, 0.1) is 11.3 Å². The smallest absolute Gasteiger partial charge is 0.410 e. The Hall–Kier alpha value is -1.30. The number of nitrogens with one attached hydrogen (secondary N) is 1. The molecule has 2 N–H and O–H groups in total. The van der Waals surface area contributed by atoms with Crippen molar-refractivity contribution in [1.82, 2.24) is 10.2 Å². The van der Waals surface area contributed by atoms with E-state index < -0.39 is 23.6 Å². The lowest BCUT2D eigenvalue weighted by Crippen LogP contribution is -2.44. The number of nitrogens with zero attached hydrogens (tertiary/aromatic N) is 1. The molecule has 20 heavy (non-hydrogen) atoms. The Labute approximate surface area is 119 Å². The second-order valence-electron chi connectivity index (χ2n) is 6.86. The molecule has 1 spiro atoms. The third-order valence-electron chi connectivity index (χ3n) is 4.20. The fourth-order valence-corrected chi connectivity index (χ4v) is 3.21. The fourth-order valence-electron chi connectivity index (χ4n) is 3.21. The van der Waals surface area contributed by atoms with Gasteiger partial charge in [0.2, 0.25) is 0 Å². The van der Waals surface area contributed by atoms with Crippen molar-refractivity contribution in [2.45, 2.75) is 39.2 Å². The molecule has 114 valence electrons. The molecule has 2 heterocycles. The SMILES string of the molecule is CC(C)(C)OC(=O)N1CC(C(=O)O)C2(CCNCC2)C1. The summed E-state index contributed by atoms with van der Waals surface area (Å²) in [5.74, 6) is -1.30. The summed E-state index contributed by atoms with van der Waals surface area (Å²) in [5.41, 5.74) is -0.854. The molecule has 1 unspecified atom stereocenters. The summed E-state index contributed by atoms with van der Waals surface area (Å²) in [7, 11) is 0. The van der Waals surface area contributed by atoms with Gasteiger partial charge in [-0.05, 0) is 46.7 Å². The van der Waals surface area contributed by atoms with Crippen LogP contribution in [0.2, 0.25) is 0 Å². The Morgan fingerprint density at radius 3 is 2.40 bits per heavy atom. The first-order valence-electron chi connectivity index (χ1n) is 7.15. The zero-order valence-electron chi connectivity index (χ0n) is 12.4. The van der Waals surface area contributed by atoms with Crippen molar-refractivity contribution in [2.75, 3.05) is 26.2 Å². The number of aliphatic carboxylic acids is 1. The van der Waals surface area contributed by atoms with Crippen LogP contribution in [0.1, 0.15) is 33.6 Å². The third-order valence-corrected chi connectivity index (χ3v) is 4.20.